The Morgan fingerprint density at radius 3 is 1.66 bits per heavy atom. The molecule has 14 heteroatoms. The summed E-state index contributed by atoms with van der Waals surface area (Å²) in [7, 11) is -8.35. The minimum atomic E-state index is -4.18. The fraction of sp³-hybridized carbons (Fsp3) is 0.533. The molecule has 0 fully saturated rings. The maximum atomic E-state index is 11.4. The average Bonchev–Trinajstić information content (AvgIpc) is 2.59. The summed E-state index contributed by atoms with van der Waals surface area (Å²) in [5.74, 6) is -2.52. The van der Waals surface area contributed by atoms with Crippen LogP contribution in [0.2, 0.25) is 0 Å². The second-order valence-corrected chi connectivity index (χ2v) is 8.86. The van der Waals surface area contributed by atoms with Crippen LogP contribution in [0, 0.1) is 0 Å². The highest BCUT2D eigenvalue weighted by Crippen LogP contribution is 2.39. The van der Waals surface area contributed by atoms with Crippen LogP contribution in [-0.4, -0.2) is 74.9 Å². The third-order valence-electron chi connectivity index (χ3n) is 3.24. The predicted octanol–water partition coefficient (Wildman–Crippen LogP) is 0.0357. The highest BCUT2D eigenvalue weighted by Gasteiger charge is 2.19. The number of hydrogen-bond acceptors (Lipinski definition) is 9. The molecule has 0 saturated carbocycles. The van der Waals surface area contributed by atoms with Crippen LogP contribution in [0.25, 0.3) is 0 Å². The maximum absolute atomic E-state index is 11.4. The van der Waals surface area contributed by atoms with Gasteiger partial charge in [0, 0.05) is 6.54 Å². The van der Waals surface area contributed by atoms with Gasteiger partial charge >= 0.3 is 5.97 Å². The van der Waals surface area contributed by atoms with Gasteiger partial charge in [-0.25, -0.2) is 4.79 Å². The lowest BCUT2D eigenvalue weighted by Gasteiger charge is -2.17. The van der Waals surface area contributed by atoms with Crippen LogP contribution in [0.5, 0.6) is 17.2 Å². The smallest absolute Gasteiger partial charge is 0.335 e. The van der Waals surface area contributed by atoms with Crippen molar-refractivity contribution in [1.82, 2.24) is 0 Å². The zero-order chi connectivity index (χ0) is 22.1. The van der Waals surface area contributed by atoms with Crippen LogP contribution in [0.3, 0.4) is 0 Å². The average molecular weight is 457 g/mol. The van der Waals surface area contributed by atoms with E-state index in [1.54, 1.807) is 0 Å². The Labute approximate surface area is 168 Å². The summed E-state index contributed by atoms with van der Waals surface area (Å²) >= 11 is 0. The number of ether oxygens (including phenoxy) is 3. The van der Waals surface area contributed by atoms with Gasteiger partial charge in [-0.3, -0.25) is 9.11 Å². The molecule has 0 aliphatic rings. The molecule has 0 radical (unpaired) electrons. The normalized spacial score (nSPS) is 11.8. The second-order valence-electron chi connectivity index (χ2n) is 5.72. The van der Waals surface area contributed by atoms with Gasteiger partial charge in [0.15, 0.2) is 11.5 Å². The van der Waals surface area contributed by atoms with E-state index < -0.39 is 37.7 Å². The van der Waals surface area contributed by atoms with Crippen molar-refractivity contribution in [2.75, 3.05) is 37.9 Å². The Hall–Kier alpha value is -2.13. The minimum absolute atomic E-state index is 0.000777. The molecule has 0 atom stereocenters. The van der Waals surface area contributed by atoms with E-state index in [0.29, 0.717) is 0 Å². The molecule has 12 nitrogen and oxygen atoms in total. The standard InChI is InChI=1S/C15H23NO11S2/c16-3-6-27-14-12(25-4-1-7-28(19,20)21)9-11(15(17)18)10-13(14)26-5-2-8-29(22,23)24/h9-10H,1-8,16H2,(H,17,18)(H,19,20,21)(H,22,23,24). The molecule has 1 rings (SSSR count). The number of aromatic carboxylic acids is 1. The zero-order valence-electron chi connectivity index (χ0n) is 15.3. The van der Waals surface area contributed by atoms with E-state index in [2.05, 4.69) is 0 Å². The molecular weight excluding hydrogens is 434 g/mol. The molecule has 0 spiro atoms. The highest BCUT2D eigenvalue weighted by molar-refractivity contribution is 7.86. The van der Waals surface area contributed by atoms with Gasteiger partial charge in [-0.15, -0.1) is 0 Å². The Bertz CT molecular complexity index is 836. The van der Waals surface area contributed by atoms with Gasteiger partial charge in [-0.1, -0.05) is 0 Å². The summed E-state index contributed by atoms with van der Waals surface area (Å²) in [5.41, 5.74) is 5.18. The number of carboxylic acids is 1. The SMILES string of the molecule is NCCOc1c(OCCCS(=O)(=O)O)cc(C(=O)O)cc1OCCCS(=O)(=O)O. The number of hydrogen-bond donors (Lipinski definition) is 4. The van der Waals surface area contributed by atoms with Crippen LogP contribution in [-0.2, 0) is 20.2 Å². The maximum Gasteiger partial charge on any atom is 0.335 e. The van der Waals surface area contributed by atoms with Crippen LogP contribution < -0.4 is 19.9 Å². The van der Waals surface area contributed by atoms with Gasteiger partial charge in [0.05, 0.1) is 30.3 Å². The van der Waals surface area contributed by atoms with E-state index in [-0.39, 0.29) is 62.0 Å². The lowest BCUT2D eigenvalue weighted by Crippen LogP contribution is -2.14. The van der Waals surface area contributed by atoms with Crippen molar-refractivity contribution in [2.45, 2.75) is 12.8 Å². The summed E-state index contributed by atoms with van der Waals surface area (Å²) in [4.78, 5) is 11.4. The first-order chi connectivity index (χ1) is 13.4. The molecule has 0 bridgehead atoms. The molecule has 166 valence electrons. The predicted molar refractivity (Wildman–Crippen MR) is 101 cm³/mol. The minimum Gasteiger partial charge on any atom is -0.489 e. The van der Waals surface area contributed by atoms with E-state index in [9.17, 15) is 26.7 Å². The van der Waals surface area contributed by atoms with Gasteiger partial charge in [-0.2, -0.15) is 16.8 Å². The van der Waals surface area contributed by atoms with E-state index in [1.165, 1.54) is 0 Å². The number of carbonyl (C=O) groups is 1. The first kappa shape index (κ1) is 24.9. The molecule has 0 heterocycles. The topological polar surface area (TPSA) is 200 Å². The fourth-order valence-electron chi connectivity index (χ4n) is 2.06. The van der Waals surface area contributed by atoms with Gasteiger partial charge in [0.1, 0.15) is 6.61 Å². The van der Waals surface area contributed by atoms with E-state index in [1.807, 2.05) is 0 Å². The number of benzene rings is 1. The zero-order valence-corrected chi connectivity index (χ0v) is 16.9. The van der Waals surface area contributed by atoms with Crippen LogP contribution in [0.1, 0.15) is 23.2 Å². The van der Waals surface area contributed by atoms with Crippen molar-refractivity contribution in [3.8, 4) is 17.2 Å². The fourth-order valence-corrected chi connectivity index (χ4v) is 3.03. The van der Waals surface area contributed by atoms with Crippen molar-refractivity contribution in [3.63, 3.8) is 0 Å². The molecule has 0 aliphatic carbocycles. The van der Waals surface area contributed by atoms with Crippen molar-refractivity contribution >= 4 is 26.2 Å². The summed E-state index contributed by atoms with van der Waals surface area (Å²) < 4.78 is 76.8. The molecule has 29 heavy (non-hydrogen) atoms. The molecule has 0 unspecified atom stereocenters. The quantitative estimate of drug-likeness (QED) is 0.216. The molecule has 1 aromatic rings. The third-order valence-corrected chi connectivity index (χ3v) is 4.85. The number of nitrogens with two attached hydrogens (primary N) is 1. The first-order valence-corrected chi connectivity index (χ1v) is 11.5. The monoisotopic (exact) mass is 457 g/mol. The molecule has 0 aliphatic heterocycles. The van der Waals surface area contributed by atoms with Gasteiger partial charge in [0.25, 0.3) is 20.2 Å². The van der Waals surface area contributed by atoms with Crippen molar-refractivity contribution in [2.24, 2.45) is 5.73 Å². The summed E-state index contributed by atoms with van der Waals surface area (Å²) in [5, 5.41) is 9.26. The van der Waals surface area contributed by atoms with Crippen molar-refractivity contribution in [3.05, 3.63) is 17.7 Å². The highest BCUT2D eigenvalue weighted by atomic mass is 32.2. The van der Waals surface area contributed by atoms with Gasteiger partial charge < -0.3 is 25.1 Å². The lowest BCUT2D eigenvalue weighted by atomic mass is 10.2. The second kappa shape index (κ2) is 11.2. The Balaban J connectivity index is 3.05. The summed E-state index contributed by atoms with van der Waals surface area (Å²) in [6, 6.07) is 2.29. The van der Waals surface area contributed by atoms with Crippen molar-refractivity contribution in [1.29, 1.82) is 0 Å². The summed E-state index contributed by atoms with van der Waals surface area (Å²) in [6.07, 6.45) is -0.145. The largest absolute Gasteiger partial charge is 0.489 e. The molecule has 0 amide bonds. The molecule has 0 saturated heterocycles. The lowest BCUT2D eigenvalue weighted by molar-refractivity contribution is 0.0695. The Morgan fingerprint density at radius 1 is 0.862 bits per heavy atom. The number of carboxylic acid groups (broad SMARTS) is 1. The van der Waals surface area contributed by atoms with Gasteiger partial charge in [-0.05, 0) is 25.0 Å². The molecule has 1 aromatic carbocycles. The molecule has 5 N–H and O–H groups in total. The van der Waals surface area contributed by atoms with E-state index >= 15 is 0 Å². The van der Waals surface area contributed by atoms with Crippen LogP contribution >= 0.6 is 0 Å². The summed E-state index contributed by atoms with van der Waals surface area (Å²) in [6.45, 7) is -0.214. The van der Waals surface area contributed by atoms with E-state index in [4.69, 9.17) is 29.0 Å². The van der Waals surface area contributed by atoms with Crippen LogP contribution in [0.4, 0.5) is 0 Å². The molecular formula is C15H23NO11S2. The third kappa shape index (κ3) is 10.3. The van der Waals surface area contributed by atoms with Crippen molar-refractivity contribution < 1.29 is 50.1 Å². The Kier molecular flexibility index (Phi) is 9.58. The van der Waals surface area contributed by atoms with E-state index in [0.717, 1.165) is 12.1 Å². The Morgan fingerprint density at radius 2 is 1.31 bits per heavy atom. The van der Waals surface area contributed by atoms with Crippen LogP contribution in [0.15, 0.2) is 12.1 Å². The molecule has 0 aromatic heterocycles. The first-order valence-electron chi connectivity index (χ1n) is 8.33. The number of rotatable bonds is 14. The van der Waals surface area contributed by atoms with Gasteiger partial charge in [0.2, 0.25) is 5.75 Å².